The fourth-order valence-electron chi connectivity index (χ4n) is 4.40. The van der Waals surface area contributed by atoms with Crippen molar-refractivity contribution < 1.29 is 47.5 Å². The van der Waals surface area contributed by atoms with Crippen LogP contribution in [-0.2, 0) is 24.5 Å². The molecule has 0 N–H and O–H groups in total. The number of rotatable bonds is 20. The van der Waals surface area contributed by atoms with E-state index in [0.29, 0.717) is 72.1 Å². The van der Waals surface area contributed by atoms with E-state index in [9.17, 15) is 9.59 Å². The van der Waals surface area contributed by atoms with Crippen LogP contribution < -0.4 is 28.4 Å². The van der Waals surface area contributed by atoms with E-state index in [-0.39, 0.29) is 26.4 Å². The Morgan fingerprint density at radius 1 is 0.556 bits per heavy atom. The van der Waals surface area contributed by atoms with Gasteiger partial charge in [0.05, 0.1) is 26.4 Å². The molecule has 0 saturated heterocycles. The molecular formula is C35H48O10. The summed E-state index contributed by atoms with van der Waals surface area (Å²) >= 11 is 0. The highest BCUT2D eigenvalue weighted by molar-refractivity contribution is 5.87. The normalized spacial score (nSPS) is 10.8. The second kappa shape index (κ2) is 17.8. The van der Waals surface area contributed by atoms with Crippen molar-refractivity contribution in [2.24, 2.45) is 0 Å². The summed E-state index contributed by atoms with van der Waals surface area (Å²) in [6.45, 7) is 23.9. The summed E-state index contributed by atoms with van der Waals surface area (Å²) in [5, 5.41) is 0. The summed E-state index contributed by atoms with van der Waals surface area (Å²) in [6.07, 6.45) is 0. The molecule has 2 rings (SSSR count). The maximum absolute atomic E-state index is 11.8. The third-order valence-electron chi connectivity index (χ3n) is 6.50. The number of hydrogen-bond acceptors (Lipinski definition) is 10. The van der Waals surface area contributed by atoms with Gasteiger partial charge >= 0.3 is 11.9 Å². The highest BCUT2D eigenvalue weighted by Gasteiger charge is 2.35. The molecule has 0 spiro atoms. The van der Waals surface area contributed by atoms with Crippen molar-refractivity contribution in [1.82, 2.24) is 0 Å². The van der Waals surface area contributed by atoms with Crippen molar-refractivity contribution in [2.45, 2.75) is 60.8 Å². The van der Waals surface area contributed by atoms with Gasteiger partial charge in [-0.25, -0.2) is 9.59 Å². The van der Waals surface area contributed by atoms with E-state index in [0.717, 1.165) is 11.1 Å². The molecule has 0 fully saturated rings. The van der Waals surface area contributed by atoms with Gasteiger partial charge in [0.2, 0.25) is 11.5 Å². The van der Waals surface area contributed by atoms with Crippen molar-refractivity contribution in [3.05, 3.63) is 59.7 Å². The Kier molecular flexibility index (Phi) is 14.6. The lowest BCUT2D eigenvalue weighted by Crippen LogP contribution is -2.23. The van der Waals surface area contributed by atoms with E-state index >= 15 is 0 Å². The van der Waals surface area contributed by atoms with Gasteiger partial charge in [0.1, 0.15) is 26.4 Å². The zero-order valence-electron chi connectivity index (χ0n) is 28.0. The van der Waals surface area contributed by atoms with E-state index in [2.05, 4.69) is 27.0 Å². The topological polar surface area (TPSA) is 108 Å². The van der Waals surface area contributed by atoms with E-state index in [4.69, 9.17) is 37.9 Å². The molecule has 0 amide bonds. The Hall–Kier alpha value is -4.34. The van der Waals surface area contributed by atoms with Crippen LogP contribution in [-0.4, -0.2) is 64.8 Å². The van der Waals surface area contributed by atoms with Crippen LogP contribution in [0.25, 0.3) is 0 Å². The summed E-state index contributed by atoms with van der Waals surface area (Å²) in [7, 11) is 0. The first-order valence-corrected chi connectivity index (χ1v) is 15.2. The number of carbonyl (C=O) groups excluding carboxylic acids is 2. The van der Waals surface area contributed by atoms with Crippen LogP contribution in [0.4, 0.5) is 0 Å². The number of ether oxygens (including phenoxy) is 8. The maximum Gasteiger partial charge on any atom is 0.333 e. The standard InChI is InChI=1S/C35H48O10/c1-11-38-29-25(15-17-27(31(29)40-13-3)42-19-21-44-33(36)23(5)6)35(9,10)26-16-18-28(32(41-14-4)30(26)39-12-2)43-20-22-45-34(37)24(7)8/h15-18H,5,7,11-14,19-22H2,1-4,6,8-10H3. The monoisotopic (exact) mass is 628 g/mol. The van der Waals surface area contributed by atoms with Crippen LogP contribution in [0.15, 0.2) is 48.6 Å². The molecule has 248 valence electrons. The van der Waals surface area contributed by atoms with Gasteiger partial charge in [-0.3, -0.25) is 0 Å². The van der Waals surface area contributed by atoms with Crippen molar-refractivity contribution in [2.75, 3.05) is 52.9 Å². The van der Waals surface area contributed by atoms with Gasteiger partial charge in [-0.05, 0) is 53.7 Å². The van der Waals surface area contributed by atoms with Gasteiger partial charge in [0, 0.05) is 27.7 Å². The van der Waals surface area contributed by atoms with E-state index < -0.39 is 17.4 Å². The number of benzene rings is 2. The molecular weight excluding hydrogens is 580 g/mol. The van der Waals surface area contributed by atoms with Crippen molar-refractivity contribution in [3.63, 3.8) is 0 Å². The first-order chi connectivity index (χ1) is 21.4. The van der Waals surface area contributed by atoms with Gasteiger partial charge in [-0.2, -0.15) is 0 Å². The molecule has 0 bridgehead atoms. The van der Waals surface area contributed by atoms with Crippen LogP contribution in [0.5, 0.6) is 34.5 Å². The van der Waals surface area contributed by atoms with E-state index in [1.165, 1.54) is 0 Å². The smallest absolute Gasteiger partial charge is 0.333 e. The molecule has 0 aliphatic rings. The Morgan fingerprint density at radius 3 is 1.20 bits per heavy atom. The summed E-state index contributed by atoms with van der Waals surface area (Å²) in [5.74, 6) is 1.92. The average molecular weight is 629 g/mol. The van der Waals surface area contributed by atoms with Crippen LogP contribution >= 0.6 is 0 Å². The fraction of sp³-hybridized carbons (Fsp3) is 0.486. The van der Waals surface area contributed by atoms with Crippen LogP contribution in [0, 0.1) is 0 Å². The van der Waals surface area contributed by atoms with Crippen LogP contribution in [0.2, 0.25) is 0 Å². The lowest BCUT2D eigenvalue weighted by atomic mass is 9.76. The summed E-state index contributed by atoms with van der Waals surface area (Å²) in [4.78, 5) is 23.5. The van der Waals surface area contributed by atoms with Crippen LogP contribution in [0.3, 0.4) is 0 Å². The molecule has 45 heavy (non-hydrogen) atoms. The highest BCUT2D eigenvalue weighted by Crippen LogP contribution is 2.51. The van der Waals surface area contributed by atoms with Gasteiger partial charge in [-0.1, -0.05) is 39.1 Å². The number of hydrogen-bond donors (Lipinski definition) is 0. The zero-order chi connectivity index (χ0) is 33.6. The van der Waals surface area contributed by atoms with Gasteiger partial charge in [-0.15, -0.1) is 0 Å². The minimum atomic E-state index is -0.683. The Balaban J connectivity index is 2.54. The van der Waals surface area contributed by atoms with Gasteiger partial charge in [0.25, 0.3) is 0 Å². The van der Waals surface area contributed by atoms with E-state index in [1.807, 2.05) is 52.0 Å². The second-order valence-corrected chi connectivity index (χ2v) is 10.4. The number of carbonyl (C=O) groups is 2. The molecule has 10 nitrogen and oxygen atoms in total. The first kappa shape index (κ1) is 36.8. The van der Waals surface area contributed by atoms with Crippen LogP contribution in [0.1, 0.15) is 66.5 Å². The molecule has 0 aliphatic heterocycles. The zero-order valence-corrected chi connectivity index (χ0v) is 28.0. The lowest BCUT2D eigenvalue weighted by Gasteiger charge is -2.32. The van der Waals surface area contributed by atoms with Crippen molar-refractivity contribution >= 4 is 11.9 Å². The minimum Gasteiger partial charge on any atom is -0.490 e. The predicted octanol–water partition coefficient (Wildman–Crippen LogP) is 6.60. The maximum atomic E-state index is 11.8. The Bertz CT molecular complexity index is 1230. The van der Waals surface area contributed by atoms with Gasteiger partial charge < -0.3 is 37.9 Å². The largest absolute Gasteiger partial charge is 0.490 e. The molecule has 0 radical (unpaired) electrons. The molecule has 0 atom stereocenters. The van der Waals surface area contributed by atoms with Gasteiger partial charge in [0.15, 0.2) is 23.0 Å². The number of esters is 2. The predicted molar refractivity (Wildman–Crippen MR) is 172 cm³/mol. The minimum absolute atomic E-state index is 0.0527. The first-order valence-electron chi connectivity index (χ1n) is 15.2. The molecule has 0 unspecified atom stereocenters. The molecule has 0 aliphatic carbocycles. The molecule has 10 heteroatoms. The summed E-state index contributed by atoms with van der Waals surface area (Å²) in [5.41, 5.74) is 1.61. The average Bonchev–Trinajstić information content (AvgIpc) is 2.99. The summed E-state index contributed by atoms with van der Waals surface area (Å²) < 4.78 is 46.8. The molecule has 2 aromatic rings. The Labute approximate surface area is 267 Å². The lowest BCUT2D eigenvalue weighted by molar-refractivity contribution is -0.140. The van der Waals surface area contributed by atoms with Crippen molar-refractivity contribution in [1.29, 1.82) is 0 Å². The van der Waals surface area contributed by atoms with E-state index in [1.54, 1.807) is 13.8 Å². The third kappa shape index (κ3) is 9.83. The highest BCUT2D eigenvalue weighted by atomic mass is 16.6. The molecule has 0 aromatic heterocycles. The molecule has 0 saturated carbocycles. The quantitative estimate of drug-likeness (QED) is 0.0904. The SMILES string of the molecule is C=C(C)C(=O)OCCOc1ccc(C(C)(C)c2ccc(OCCOC(=O)C(=C)C)c(OCC)c2OCC)c(OCC)c1OCC. The Morgan fingerprint density at radius 2 is 0.889 bits per heavy atom. The third-order valence-corrected chi connectivity index (χ3v) is 6.50. The molecule has 2 aromatic carbocycles. The van der Waals surface area contributed by atoms with Crippen molar-refractivity contribution in [3.8, 4) is 34.5 Å². The molecule has 0 heterocycles. The summed E-state index contributed by atoms with van der Waals surface area (Å²) in [6, 6.07) is 7.50. The second-order valence-electron chi connectivity index (χ2n) is 10.4. The fourth-order valence-corrected chi connectivity index (χ4v) is 4.40.